The van der Waals surface area contributed by atoms with Crippen LogP contribution in [0, 0.1) is 0 Å². The zero-order valence-electron chi connectivity index (χ0n) is 16.5. The molecule has 0 fully saturated rings. The van der Waals surface area contributed by atoms with Gasteiger partial charge in [-0.2, -0.15) is 0 Å². The van der Waals surface area contributed by atoms with E-state index >= 15 is 0 Å². The monoisotopic (exact) mass is 411 g/mol. The molecule has 0 atom stereocenters. The van der Waals surface area contributed by atoms with Crippen LogP contribution in [0.4, 0.5) is 5.69 Å². The lowest BCUT2D eigenvalue weighted by atomic mass is 10.1. The lowest BCUT2D eigenvalue weighted by Crippen LogP contribution is -2.20. The van der Waals surface area contributed by atoms with Gasteiger partial charge in [-0.15, -0.1) is 0 Å². The highest BCUT2D eigenvalue weighted by Crippen LogP contribution is 2.11. The van der Waals surface area contributed by atoms with E-state index in [0.717, 1.165) is 0 Å². The van der Waals surface area contributed by atoms with Crippen LogP contribution in [0.2, 0.25) is 0 Å². The topological polar surface area (TPSA) is 108 Å². The van der Waals surface area contributed by atoms with Crippen molar-refractivity contribution in [1.29, 1.82) is 0 Å². The molecule has 0 saturated heterocycles. The van der Waals surface area contributed by atoms with E-state index in [1.54, 1.807) is 43.3 Å². The van der Waals surface area contributed by atoms with Gasteiger partial charge < -0.3 is 19.5 Å². The molecule has 156 valence electrons. The van der Waals surface area contributed by atoms with Crippen LogP contribution >= 0.6 is 0 Å². The molecule has 8 heteroatoms. The Kier molecular flexibility index (Phi) is 8.31. The first-order valence-corrected chi connectivity index (χ1v) is 9.03. The molecule has 0 heterocycles. The minimum atomic E-state index is -0.695. The fourth-order valence-electron chi connectivity index (χ4n) is 2.30. The van der Waals surface area contributed by atoms with Gasteiger partial charge >= 0.3 is 17.9 Å². The van der Waals surface area contributed by atoms with E-state index in [-0.39, 0.29) is 6.61 Å². The first kappa shape index (κ1) is 22.4. The average molecular weight is 411 g/mol. The van der Waals surface area contributed by atoms with E-state index < -0.39 is 30.4 Å². The first-order valence-electron chi connectivity index (χ1n) is 9.03. The van der Waals surface area contributed by atoms with Crippen molar-refractivity contribution in [1.82, 2.24) is 0 Å². The zero-order chi connectivity index (χ0) is 21.9. The van der Waals surface area contributed by atoms with Crippen molar-refractivity contribution in [2.24, 2.45) is 0 Å². The highest BCUT2D eigenvalue weighted by atomic mass is 16.5. The Balaban J connectivity index is 1.80. The number of hydrogen-bond donors (Lipinski definition) is 1. The number of esters is 3. The molecule has 0 aliphatic rings. The van der Waals surface area contributed by atoms with E-state index in [1.165, 1.54) is 31.4 Å². The highest BCUT2D eigenvalue weighted by Gasteiger charge is 2.09. The van der Waals surface area contributed by atoms with Crippen LogP contribution in [-0.4, -0.2) is 44.1 Å². The Morgan fingerprint density at radius 1 is 0.867 bits per heavy atom. The summed E-state index contributed by atoms with van der Waals surface area (Å²) in [6.07, 6.45) is 2.67. The molecule has 8 nitrogen and oxygen atoms in total. The Labute approximate surface area is 173 Å². The second-order valence-corrected chi connectivity index (χ2v) is 5.90. The van der Waals surface area contributed by atoms with Crippen LogP contribution in [-0.2, 0) is 23.8 Å². The van der Waals surface area contributed by atoms with E-state index in [2.05, 4.69) is 10.1 Å². The van der Waals surface area contributed by atoms with Crippen LogP contribution in [0.15, 0.2) is 54.6 Å². The van der Waals surface area contributed by atoms with Crippen molar-refractivity contribution >= 4 is 35.6 Å². The van der Waals surface area contributed by atoms with E-state index in [4.69, 9.17) is 9.47 Å². The van der Waals surface area contributed by atoms with Crippen molar-refractivity contribution in [2.45, 2.75) is 6.92 Å². The molecule has 0 aromatic heterocycles. The molecule has 30 heavy (non-hydrogen) atoms. The summed E-state index contributed by atoms with van der Waals surface area (Å²) in [5.74, 6) is -2.12. The molecule has 1 N–H and O–H groups in total. The number of methoxy groups -OCH3 is 1. The zero-order valence-corrected chi connectivity index (χ0v) is 16.5. The predicted molar refractivity (Wildman–Crippen MR) is 109 cm³/mol. The van der Waals surface area contributed by atoms with Crippen molar-refractivity contribution < 1.29 is 33.4 Å². The summed E-state index contributed by atoms with van der Waals surface area (Å²) in [5, 5.41) is 2.56. The summed E-state index contributed by atoms with van der Waals surface area (Å²) in [4.78, 5) is 46.6. The van der Waals surface area contributed by atoms with Gasteiger partial charge in [0.25, 0.3) is 5.91 Å². The van der Waals surface area contributed by atoms with Crippen LogP contribution < -0.4 is 5.32 Å². The van der Waals surface area contributed by atoms with Gasteiger partial charge in [0.15, 0.2) is 6.61 Å². The lowest BCUT2D eigenvalue weighted by Gasteiger charge is -2.06. The third kappa shape index (κ3) is 6.90. The second-order valence-electron chi connectivity index (χ2n) is 5.90. The minimum absolute atomic E-state index is 0.274. The molecule has 2 rings (SSSR count). The Morgan fingerprint density at radius 2 is 1.47 bits per heavy atom. The third-order valence-electron chi connectivity index (χ3n) is 3.77. The molecule has 0 aliphatic carbocycles. The molecule has 0 radical (unpaired) electrons. The van der Waals surface area contributed by atoms with Crippen LogP contribution in [0.3, 0.4) is 0 Å². The van der Waals surface area contributed by atoms with Gasteiger partial charge in [0.05, 0.1) is 24.8 Å². The van der Waals surface area contributed by atoms with Gasteiger partial charge in [-0.05, 0) is 55.0 Å². The smallest absolute Gasteiger partial charge is 0.338 e. The SMILES string of the molecule is CCOC(=O)c1ccc(NC(=O)COC(=O)/C=C/c2ccc(C(=O)OC)cc2)cc1. The quantitative estimate of drug-likeness (QED) is 0.404. The molecule has 2 aromatic carbocycles. The Morgan fingerprint density at radius 3 is 2.07 bits per heavy atom. The molecule has 0 spiro atoms. The number of amides is 1. The van der Waals surface area contributed by atoms with Crippen molar-refractivity contribution in [3.63, 3.8) is 0 Å². The first-order chi connectivity index (χ1) is 14.4. The normalized spacial score (nSPS) is 10.3. The molecular formula is C22H21NO7. The standard InChI is InChI=1S/C22H21NO7/c1-3-29-22(27)17-9-11-18(12-10-17)23-19(24)14-30-20(25)13-6-15-4-7-16(8-5-15)21(26)28-2/h4-13H,3,14H2,1-2H3,(H,23,24)/b13-6+. The largest absolute Gasteiger partial charge is 0.465 e. The van der Waals surface area contributed by atoms with Crippen LogP contribution in [0.1, 0.15) is 33.2 Å². The van der Waals surface area contributed by atoms with Crippen molar-refractivity contribution in [3.05, 3.63) is 71.3 Å². The molecule has 0 aliphatic heterocycles. The highest BCUT2D eigenvalue weighted by molar-refractivity contribution is 5.95. The van der Waals surface area contributed by atoms with Crippen LogP contribution in [0.5, 0.6) is 0 Å². The molecule has 2 aromatic rings. The molecule has 0 unspecified atom stereocenters. The fourth-order valence-corrected chi connectivity index (χ4v) is 2.30. The maximum absolute atomic E-state index is 11.9. The Bertz CT molecular complexity index is 931. The maximum Gasteiger partial charge on any atom is 0.338 e. The second kappa shape index (κ2) is 11.2. The average Bonchev–Trinajstić information content (AvgIpc) is 2.76. The summed E-state index contributed by atoms with van der Waals surface area (Å²) in [6, 6.07) is 12.6. The molecule has 0 saturated carbocycles. The van der Waals surface area contributed by atoms with E-state index in [9.17, 15) is 19.2 Å². The third-order valence-corrected chi connectivity index (χ3v) is 3.77. The van der Waals surface area contributed by atoms with Crippen LogP contribution in [0.25, 0.3) is 6.08 Å². The maximum atomic E-state index is 11.9. The van der Waals surface area contributed by atoms with Gasteiger partial charge in [0.1, 0.15) is 0 Å². The minimum Gasteiger partial charge on any atom is -0.465 e. The molecular weight excluding hydrogens is 390 g/mol. The van der Waals surface area contributed by atoms with Gasteiger partial charge in [-0.1, -0.05) is 12.1 Å². The summed E-state index contributed by atoms with van der Waals surface area (Å²) in [6.45, 7) is 1.52. The van der Waals surface area contributed by atoms with E-state index in [0.29, 0.717) is 22.4 Å². The Hall–Kier alpha value is -3.94. The predicted octanol–water partition coefficient (Wildman–Crippen LogP) is 2.85. The number of rotatable bonds is 8. The number of carbonyl (C=O) groups is 4. The van der Waals surface area contributed by atoms with Crippen molar-refractivity contribution in [3.8, 4) is 0 Å². The number of nitrogens with one attached hydrogen (secondary N) is 1. The van der Waals surface area contributed by atoms with E-state index in [1.807, 2.05) is 0 Å². The molecule has 1 amide bonds. The van der Waals surface area contributed by atoms with Gasteiger partial charge in [-0.3, -0.25) is 4.79 Å². The summed E-state index contributed by atoms with van der Waals surface area (Å²) in [7, 11) is 1.29. The number of hydrogen-bond acceptors (Lipinski definition) is 7. The number of carbonyl (C=O) groups excluding carboxylic acids is 4. The number of ether oxygens (including phenoxy) is 3. The van der Waals surface area contributed by atoms with Crippen molar-refractivity contribution in [2.75, 3.05) is 25.6 Å². The number of anilines is 1. The fraction of sp³-hybridized carbons (Fsp3) is 0.182. The lowest BCUT2D eigenvalue weighted by molar-refractivity contribution is -0.142. The summed E-state index contributed by atoms with van der Waals surface area (Å²) in [5.41, 5.74) is 1.88. The summed E-state index contributed by atoms with van der Waals surface area (Å²) < 4.78 is 14.4. The van der Waals surface area contributed by atoms with Gasteiger partial charge in [-0.25, -0.2) is 14.4 Å². The number of benzene rings is 2. The van der Waals surface area contributed by atoms with Gasteiger partial charge in [0.2, 0.25) is 0 Å². The van der Waals surface area contributed by atoms with Gasteiger partial charge in [0, 0.05) is 11.8 Å². The molecule has 0 bridgehead atoms. The summed E-state index contributed by atoms with van der Waals surface area (Å²) >= 11 is 0.